The van der Waals surface area contributed by atoms with Crippen LogP contribution in [0.2, 0.25) is 0 Å². The normalized spacial score (nSPS) is 14.9. The SMILES string of the molecule is CC(C)(C)c1ccc(OC(=O)N2CCC(Oc3ccn(-c4ccc(S(C)(=O)=O)cc4)c(=O)c3)CC2)cc1. The molecule has 1 aromatic heterocycles. The summed E-state index contributed by atoms with van der Waals surface area (Å²) < 4.78 is 36.3. The number of piperidine rings is 1. The van der Waals surface area contributed by atoms with Crippen molar-refractivity contribution in [1.29, 1.82) is 0 Å². The Balaban J connectivity index is 1.31. The second-order valence-electron chi connectivity index (χ2n) is 10.3. The van der Waals surface area contributed by atoms with E-state index in [1.54, 1.807) is 29.3 Å². The fourth-order valence-electron chi connectivity index (χ4n) is 4.14. The maximum atomic E-state index is 12.7. The van der Waals surface area contributed by atoms with Crippen molar-refractivity contribution < 1.29 is 22.7 Å². The van der Waals surface area contributed by atoms with Gasteiger partial charge in [0, 0.05) is 50.1 Å². The minimum Gasteiger partial charge on any atom is -0.490 e. The number of benzene rings is 2. The molecule has 1 amide bonds. The van der Waals surface area contributed by atoms with E-state index < -0.39 is 9.84 Å². The first-order valence-electron chi connectivity index (χ1n) is 12.2. The molecule has 0 bridgehead atoms. The van der Waals surface area contributed by atoms with Crippen LogP contribution < -0.4 is 15.0 Å². The lowest BCUT2D eigenvalue weighted by molar-refractivity contribution is 0.0929. The minimum atomic E-state index is -3.31. The number of ether oxygens (including phenoxy) is 2. The first-order valence-corrected chi connectivity index (χ1v) is 14.1. The molecule has 0 spiro atoms. The predicted molar refractivity (Wildman–Crippen MR) is 142 cm³/mol. The fraction of sp³-hybridized carbons (Fsp3) is 0.357. The van der Waals surface area contributed by atoms with Gasteiger partial charge in [-0.1, -0.05) is 32.9 Å². The van der Waals surface area contributed by atoms with Crippen molar-refractivity contribution in [2.24, 2.45) is 0 Å². The summed E-state index contributed by atoms with van der Waals surface area (Å²) in [7, 11) is -3.31. The van der Waals surface area contributed by atoms with Crippen LogP contribution in [0.1, 0.15) is 39.2 Å². The van der Waals surface area contributed by atoms with Gasteiger partial charge < -0.3 is 14.4 Å². The highest BCUT2D eigenvalue weighted by atomic mass is 32.2. The van der Waals surface area contributed by atoms with Gasteiger partial charge >= 0.3 is 6.09 Å². The van der Waals surface area contributed by atoms with Crippen LogP contribution in [0.15, 0.2) is 76.6 Å². The monoisotopic (exact) mass is 524 g/mol. The molecule has 0 radical (unpaired) electrons. The van der Waals surface area contributed by atoms with Crippen molar-refractivity contribution >= 4 is 15.9 Å². The third kappa shape index (κ3) is 6.60. The molecule has 8 nitrogen and oxygen atoms in total. The maximum Gasteiger partial charge on any atom is 0.415 e. The molecule has 196 valence electrons. The molecule has 0 saturated carbocycles. The van der Waals surface area contributed by atoms with E-state index in [9.17, 15) is 18.0 Å². The van der Waals surface area contributed by atoms with Gasteiger partial charge in [-0.15, -0.1) is 0 Å². The van der Waals surface area contributed by atoms with Crippen LogP contribution in [0.25, 0.3) is 5.69 Å². The average Bonchev–Trinajstić information content (AvgIpc) is 2.84. The van der Waals surface area contributed by atoms with Crippen molar-refractivity contribution in [3.63, 3.8) is 0 Å². The number of hydrogen-bond acceptors (Lipinski definition) is 6. The van der Waals surface area contributed by atoms with Crippen molar-refractivity contribution in [2.75, 3.05) is 19.3 Å². The molecule has 1 fully saturated rings. The van der Waals surface area contributed by atoms with Crippen LogP contribution in [0, 0.1) is 0 Å². The Labute approximate surface area is 217 Å². The van der Waals surface area contributed by atoms with Gasteiger partial charge in [0.15, 0.2) is 9.84 Å². The molecule has 37 heavy (non-hydrogen) atoms. The van der Waals surface area contributed by atoms with Gasteiger partial charge in [-0.3, -0.25) is 9.36 Å². The minimum absolute atomic E-state index is 0.0297. The highest BCUT2D eigenvalue weighted by molar-refractivity contribution is 7.90. The number of pyridine rings is 1. The Morgan fingerprint density at radius 1 is 0.919 bits per heavy atom. The molecule has 0 unspecified atom stereocenters. The summed E-state index contributed by atoms with van der Waals surface area (Å²) in [5.74, 6) is 0.969. The first kappa shape index (κ1) is 26.5. The summed E-state index contributed by atoms with van der Waals surface area (Å²) in [5.41, 5.74) is 1.47. The molecule has 0 atom stereocenters. The van der Waals surface area contributed by atoms with Crippen LogP contribution in [-0.4, -0.2) is 49.4 Å². The summed E-state index contributed by atoms with van der Waals surface area (Å²) in [4.78, 5) is 27.1. The van der Waals surface area contributed by atoms with E-state index in [1.807, 2.05) is 24.3 Å². The van der Waals surface area contributed by atoms with Gasteiger partial charge in [0.1, 0.15) is 17.6 Å². The van der Waals surface area contributed by atoms with Crippen LogP contribution in [-0.2, 0) is 15.3 Å². The third-order valence-corrected chi connectivity index (χ3v) is 7.49. The Morgan fingerprint density at radius 3 is 2.08 bits per heavy atom. The highest BCUT2D eigenvalue weighted by Crippen LogP contribution is 2.25. The predicted octanol–water partition coefficient (Wildman–Crippen LogP) is 4.58. The van der Waals surface area contributed by atoms with E-state index in [-0.39, 0.29) is 28.1 Å². The second kappa shape index (κ2) is 10.4. The van der Waals surface area contributed by atoms with Gasteiger partial charge in [-0.25, -0.2) is 13.2 Å². The molecule has 2 heterocycles. The second-order valence-corrected chi connectivity index (χ2v) is 12.3. The number of hydrogen-bond donors (Lipinski definition) is 0. The molecule has 0 N–H and O–H groups in total. The molecule has 4 rings (SSSR count). The third-order valence-electron chi connectivity index (χ3n) is 6.36. The van der Waals surface area contributed by atoms with E-state index in [0.29, 0.717) is 43.1 Å². The maximum absolute atomic E-state index is 12.7. The molecule has 2 aromatic carbocycles. The van der Waals surface area contributed by atoms with E-state index in [1.165, 1.54) is 28.3 Å². The fourth-order valence-corrected chi connectivity index (χ4v) is 4.77. The zero-order chi connectivity index (χ0) is 26.8. The average molecular weight is 525 g/mol. The molecular weight excluding hydrogens is 492 g/mol. The number of nitrogens with zero attached hydrogens (tertiary/aromatic N) is 2. The highest BCUT2D eigenvalue weighted by Gasteiger charge is 2.25. The number of aromatic nitrogens is 1. The number of amides is 1. The number of carbonyl (C=O) groups excluding carboxylic acids is 1. The topological polar surface area (TPSA) is 94.9 Å². The Morgan fingerprint density at radius 2 is 1.54 bits per heavy atom. The van der Waals surface area contributed by atoms with Gasteiger partial charge in [-0.2, -0.15) is 0 Å². The first-order chi connectivity index (χ1) is 17.4. The lowest BCUT2D eigenvalue weighted by atomic mass is 9.87. The van der Waals surface area contributed by atoms with E-state index in [0.717, 1.165) is 6.26 Å². The molecule has 1 aliphatic heterocycles. The summed E-state index contributed by atoms with van der Waals surface area (Å²) in [5, 5.41) is 0. The van der Waals surface area contributed by atoms with Crippen molar-refractivity contribution in [2.45, 2.75) is 50.0 Å². The molecular formula is C28H32N2O6S. The zero-order valence-electron chi connectivity index (χ0n) is 21.5. The molecule has 1 aliphatic rings. The van der Waals surface area contributed by atoms with Crippen LogP contribution >= 0.6 is 0 Å². The van der Waals surface area contributed by atoms with Crippen LogP contribution in [0.5, 0.6) is 11.5 Å². The van der Waals surface area contributed by atoms with Crippen LogP contribution in [0.4, 0.5) is 4.79 Å². The molecule has 0 aliphatic carbocycles. The quantitative estimate of drug-likeness (QED) is 0.485. The summed E-state index contributed by atoms with van der Waals surface area (Å²) >= 11 is 0. The van der Waals surface area contributed by atoms with Crippen molar-refractivity contribution in [3.8, 4) is 17.2 Å². The Hall–Kier alpha value is -3.59. The lowest BCUT2D eigenvalue weighted by Crippen LogP contribution is -2.43. The molecule has 1 saturated heterocycles. The van der Waals surface area contributed by atoms with Crippen LogP contribution in [0.3, 0.4) is 0 Å². The van der Waals surface area contributed by atoms with Gasteiger partial charge in [0.05, 0.1) is 4.90 Å². The summed E-state index contributed by atoms with van der Waals surface area (Å²) in [6.45, 7) is 7.38. The van der Waals surface area contributed by atoms with Gasteiger partial charge in [-0.05, 0) is 53.4 Å². The van der Waals surface area contributed by atoms with Crippen molar-refractivity contribution in [1.82, 2.24) is 9.47 Å². The number of rotatable bonds is 5. The standard InChI is InChI=1S/C28H32N2O6S/c1-28(2,3)20-5-9-22(10-6-20)36-27(32)29-16-13-23(14-17-29)35-24-15-18-30(26(31)19-24)21-7-11-25(12-8-21)37(4,33)34/h5-12,15,18-19,23H,13-14,16-17H2,1-4H3. The number of likely N-dealkylation sites (tertiary alicyclic amines) is 1. The van der Waals surface area contributed by atoms with Crippen molar-refractivity contribution in [3.05, 3.63) is 82.8 Å². The smallest absolute Gasteiger partial charge is 0.415 e. The van der Waals surface area contributed by atoms with E-state index in [2.05, 4.69) is 20.8 Å². The summed E-state index contributed by atoms with van der Waals surface area (Å²) in [6, 6.07) is 16.8. The van der Waals surface area contributed by atoms with Gasteiger partial charge in [0.2, 0.25) is 0 Å². The van der Waals surface area contributed by atoms with E-state index >= 15 is 0 Å². The zero-order valence-corrected chi connectivity index (χ0v) is 22.3. The van der Waals surface area contributed by atoms with E-state index in [4.69, 9.17) is 9.47 Å². The molecule has 3 aromatic rings. The number of carbonyl (C=O) groups is 1. The largest absolute Gasteiger partial charge is 0.490 e. The Kier molecular flexibility index (Phi) is 7.45. The molecule has 9 heteroatoms. The number of sulfone groups is 1. The van der Waals surface area contributed by atoms with Gasteiger partial charge in [0.25, 0.3) is 5.56 Å². The Bertz CT molecular complexity index is 1410. The lowest BCUT2D eigenvalue weighted by Gasteiger charge is -2.31. The summed E-state index contributed by atoms with van der Waals surface area (Å²) in [6.07, 6.45) is 3.47.